The molecule has 1 atom stereocenters. The molecule has 1 unspecified atom stereocenters. The fourth-order valence-corrected chi connectivity index (χ4v) is 3.00. The smallest absolute Gasteiger partial charge is 0.691 e. The van der Waals surface area contributed by atoms with Gasteiger partial charge in [0, 0.05) is 17.3 Å². The number of benzene rings is 2. The van der Waals surface area contributed by atoms with Crippen LogP contribution in [0.2, 0.25) is 0 Å². The first-order valence-corrected chi connectivity index (χ1v) is 10.2. The molecule has 0 saturated carbocycles. The van der Waals surface area contributed by atoms with E-state index in [1.807, 2.05) is 0 Å². The Hall–Kier alpha value is -0.980. The molecule has 178 valence electrons. The molecule has 3 rings (SSSR count). The molecule has 17 heteroatoms. The van der Waals surface area contributed by atoms with Crippen molar-refractivity contribution in [2.24, 2.45) is 0 Å². The molecule has 3 aromatic rings. The molecule has 0 radical (unpaired) electrons. The number of aromatic nitrogens is 3. The molecule has 0 spiro atoms. The molecule has 0 aliphatic heterocycles. The third kappa shape index (κ3) is 12.2. The summed E-state index contributed by atoms with van der Waals surface area (Å²) in [6.45, 7) is 1.70. The van der Waals surface area contributed by atoms with Gasteiger partial charge in [-0.3, -0.25) is 5.04 Å². The molecule has 0 amide bonds. The summed E-state index contributed by atoms with van der Waals surface area (Å²) < 4.78 is 15.5. The molecular formula is C20H15N4Na3O9S. The predicted octanol–water partition coefficient (Wildman–Crippen LogP) is -9.32. The number of aryl methyl sites for hydroxylation is 1. The normalized spacial score (nSPS) is 10.5. The molecule has 1 aromatic heterocycles. The molecule has 0 bridgehead atoms. The van der Waals surface area contributed by atoms with E-state index in [2.05, 4.69) is 29.6 Å². The van der Waals surface area contributed by atoms with Gasteiger partial charge in [0.15, 0.2) is 0 Å². The van der Waals surface area contributed by atoms with Crippen molar-refractivity contribution in [1.29, 1.82) is 0 Å². The summed E-state index contributed by atoms with van der Waals surface area (Å²) in [4.78, 5) is 34.7. The van der Waals surface area contributed by atoms with Crippen molar-refractivity contribution < 1.29 is 133 Å². The van der Waals surface area contributed by atoms with Crippen molar-refractivity contribution in [2.45, 2.75) is 24.3 Å². The van der Waals surface area contributed by atoms with Crippen LogP contribution in [0, 0.1) is 6.92 Å². The summed E-state index contributed by atoms with van der Waals surface area (Å²) in [5.74, 6) is -2.98. The second-order valence-electron chi connectivity index (χ2n) is 6.48. The van der Waals surface area contributed by atoms with Crippen molar-refractivity contribution >= 4 is 29.9 Å². The summed E-state index contributed by atoms with van der Waals surface area (Å²) in [6.07, 6.45) is -0.896. The van der Waals surface area contributed by atoms with E-state index >= 15 is 0 Å². The Morgan fingerprint density at radius 2 is 1.62 bits per heavy atom. The fraction of sp³-hybridized carbons (Fsp3) is 0.150. The number of ether oxygens (including phenoxy) is 2. The number of carboxylic acid groups (broad SMARTS) is 2. The number of rotatable bonds is 12. The minimum Gasteiger partial charge on any atom is -0.691 e. The molecular weight excluding hydrogens is 541 g/mol. The molecule has 13 nitrogen and oxygen atoms in total. The standard InChI is InChI=1S/C20H18N4O9S.3Na/c1-11-9-13(34-33-32-29)7-8-15(11)31-20-23-18(21-14(17(27)28)10-16(25)26)22-19(24-20)30-12-5-3-2-4-6-12;;;/h2-9,14,29H,10H2,1H3,(H,25,26)(H,27,28)(H,21,22,23,24);;;/q;3*+1/p-3. The van der Waals surface area contributed by atoms with E-state index in [1.165, 1.54) is 0 Å². The number of nitrogens with one attached hydrogen (secondary N) is 1. The Morgan fingerprint density at radius 3 is 2.19 bits per heavy atom. The summed E-state index contributed by atoms with van der Waals surface area (Å²) in [5, 5.41) is 37.8. The van der Waals surface area contributed by atoms with Crippen LogP contribution < -0.4 is 119 Å². The summed E-state index contributed by atoms with van der Waals surface area (Å²) in [7, 11) is 0. The van der Waals surface area contributed by atoms with Crippen molar-refractivity contribution in [3.05, 3.63) is 54.1 Å². The Balaban J connectivity index is 0.00000432. The Kier molecular flexibility index (Phi) is 17.8. The van der Waals surface area contributed by atoms with Gasteiger partial charge in [-0.05, 0) is 42.8 Å². The maximum absolute atomic E-state index is 11.3. The average molecular weight is 556 g/mol. The number of anilines is 1. The van der Waals surface area contributed by atoms with Crippen LogP contribution in [-0.4, -0.2) is 32.9 Å². The molecule has 0 fully saturated rings. The number of para-hydroxylation sites is 1. The second kappa shape index (κ2) is 18.3. The molecule has 0 saturated heterocycles. The third-order valence-corrected chi connectivity index (χ3v) is 4.58. The number of aliphatic carboxylic acids is 2. The van der Waals surface area contributed by atoms with Gasteiger partial charge in [-0.2, -0.15) is 14.3 Å². The van der Waals surface area contributed by atoms with Crippen LogP contribution in [-0.2, 0) is 19.0 Å². The van der Waals surface area contributed by atoms with Crippen molar-refractivity contribution in [2.75, 3.05) is 5.32 Å². The van der Waals surface area contributed by atoms with E-state index in [0.29, 0.717) is 34.0 Å². The van der Waals surface area contributed by atoms with Crippen LogP contribution in [0.4, 0.5) is 5.95 Å². The minimum absolute atomic E-state index is 0. The Bertz CT molecular complexity index is 1170. The number of nitrogens with zero attached hydrogens (tertiary/aromatic N) is 3. The molecule has 1 N–H and O–H groups in total. The van der Waals surface area contributed by atoms with Gasteiger partial charge in [0.1, 0.15) is 11.5 Å². The topological polar surface area (TPSA) is 191 Å². The van der Waals surface area contributed by atoms with E-state index in [-0.39, 0.29) is 107 Å². The molecule has 0 aliphatic rings. The maximum atomic E-state index is 11.3. The molecule has 2 aromatic carbocycles. The minimum atomic E-state index is -1.70. The summed E-state index contributed by atoms with van der Waals surface area (Å²) in [6, 6.07) is 11.0. The van der Waals surface area contributed by atoms with Crippen LogP contribution >= 0.6 is 12.0 Å². The van der Waals surface area contributed by atoms with Crippen molar-refractivity contribution in [3.63, 3.8) is 0 Å². The first-order chi connectivity index (χ1) is 16.3. The van der Waals surface area contributed by atoms with Crippen molar-refractivity contribution in [3.8, 4) is 23.5 Å². The molecule has 0 aliphatic carbocycles. The van der Waals surface area contributed by atoms with Crippen LogP contribution in [0.1, 0.15) is 12.0 Å². The van der Waals surface area contributed by atoms with Gasteiger partial charge in [-0.1, -0.05) is 18.2 Å². The fourth-order valence-electron chi connectivity index (χ4n) is 2.54. The number of hydrogen-bond donors (Lipinski definition) is 1. The quantitative estimate of drug-likeness (QED) is 0.0957. The zero-order valence-electron chi connectivity index (χ0n) is 20.3. The van der Waals surface area contributed by atoms with Gasteiger partial charge >= 0.3 is 101 Å². The van der Waals surface area contributed by atoms with E-state index < -0.39 is 24.4 Å². The van der Waals surface area contributed by atoms with E-state index in [0.717, 1.165) is 0 Å². The van der Waals surface area contributed by atoms with Gasteiger partial charge in [-0.25, -0.2) is 0 Å². The number of hydrogen-bond acceptors (Lipinski definition) is 14. The van der Waals surface area contributed by atoms with Crippen LogP contribution in [0.3, 0.4) is 0 Å². The Morgan fingerprint density at radius 1 is 0.973 bits per heavy atom. The largest absolute Gasteiger partial charge is 1.00 e. The van der Waals surface area contributed by atoms with Gasteiger partial charge in [0.05, 0.1) is 24.1 Å². The number of carbonyl (C=O) groups is 2. The predicted molar refractivity (Wildman–Crippen MR) is 108 cm³/mol. The van der Waals surface area contributed by atoms with Gasteiger partial charge < -0.3 is 39.8 Å². The monoisotopic (exact) mass is 556 g/mol. The SMILES string of the molecule is Cc1cc(SOO[O-])ccc1Oc1nc(NC(CC(=O)[O-])C(=O)[O-])nc(Oc2ccccc2)n1.[Na+].[Na+].[Na+]. The number of carbonyl (C=O) groups excluding carboxylic acids is 2. The molecule has 37 heavy (non-hydrogen) atoms. The van der Waals surface area contributed by atoms with Crippen LogP contribution in [0.5, 0.6) is 23.5 Å². The first kappa shape index (κ1) is 36.0. The Labute approximate surface area is 281 Å². The summed E-state index contributed by atoms with van der Waals surface area (Å²) in [5.41, 5.74) is 0.601. The number of carboxylic acids is 2. The van der Waals surface area contributed by atoms with Crippen LogP contribution in [0.25, 0.3) is 0 Å². The van der Waals surface area contributed by atoms with Gasteiger partial charge in [0.2, 0.25) is 5.95 Å². The zero-order chi connectivity index (χ0) is 24.5. The summed E-state index contributed by atoms with van der Waals surface area (Å²) >= 11 is 0.694. The van der Waals surface area contributed by atoms with Crippen molar-refractivity contribution in [1.82, 2.24) is 15.0 Å². The zero-order valence-corrected chi connectivity index (χ0v) is 27.1. The van der Waals surface area contributed by atoms with E-state index in [1.54, 1.807) is 55.5 Å². The third-order valence-electron chi connectivity index (χ3n) is 4.01. The van der Waals surface area contributed by atoms with E-state index in [4.69, 9.17) is 9.47 Å². The first-order valence-electron chi connectivity index (χ1n) is 9.42. The van der Waals surface area contributed by atoms with Crippen LogP contribution in [0.15, 0.2) is 53.4 Å². The van der Waals surface area contributed by atoms with Gasteiger partial charge in [0.25, 0.3) is 0 Å². The average Bonchev–Trinajstić information content (AvgIpc) is 2.79. The second-order valence-corrected chi connectivity index (χ2v) is 7.25. The molecule has 1 heterocycles. The van der Waals surface area contributed by atoms with Gasteiger partial charge in [-0.15, -0.1) is 4.98 Å². The maximum Gasteiger partial charge on any atom is 1.00 e. The van der Waals surface area contributed by atoms with E-state index in [9.17, 15) is 25.1 Å².